The summed E-state index contributed by atoms with van der Waals surface area (Å²) in [4.78, 5) is 25.2. The first-order valence-corrected chi connectivity index (χ1v) is 8.10. The lowest BCUT2D eigenvalue weighted by molar-refractivity contribution is 0.0691. The van der Waals surface area contributed by atoms with Gasteiger partial charge in [-0.3, -0.25) is 4.79 Å². The predicted octanol–water partition coefficient (Wildman–Crippen LogP) is 4.82. The van der Waals surface area contributed by atoms with Gasteiger partial charge in [-0.15, -0.1) is 0 Å². The summed E-state index contributed by atoms with van der Waals surface area (Å²) in [6.45, 7) is 2.22. The standard InChI is InChI=1S/C17H27NO3/c1-2-3-4-5-6-7-8-9-10-11-16(19)14-12-15(17(20)21)18-13-14/h12-13,18H,2-11H2,1H3,(H,20,21). The number of aromatic carboxylic acids is 1. The normalized spacial score (nSPS) is 10.7. The van der Waals surface area contributed by atoms with Crippen molar-refractivity contribution in [2.24, 2.45) is 0 Å². The number of hydrogen-bond acceptors (Lipinski definition) is 2. The Balaban J connectivity index is 2.06. The van der Waals surface area contributed by atoms with Crippen LogP contribution < -0.4 is 0 Å². The van der Waals surface area contributed by atoms with Gasteiger partial charge in [-0.05, 0) is 12.5 Å². The maximum Gasteiger partial charge on any atom is 0.352 e. The zero-order valence-electron chi connectivity index (χ0n) is 13.0. The molecule has 0 bridgehead atoms. The van der Waals surface area contributed by atoms with Crippen LogP contribution in [0, 0.1) is 0 Å². The lowest BCUT2D eigenvalue weighted by atomic mass is 10.0. The summed E-state index contributed by atoms with van der Waals surface area (Å²) in [6.07, 6.45) is 13.0. The number of carboxylic acids is 1. The van der Waals surface area contributed by atoms with Gasteiger partial charge in [0.2, 0.25) is 0 Å². The molecule has 0 aliphatic rings. The molecule has 21 heavy (non-hydrogen) atoms. The first kappa shape index (κ1) is 17.5. The fraction of sp³-hybridized carbons (Fsp3) is 0.647. The second-order valence-corrected chi connectivity index (χ2v) is 5.61. The highest BCUT2D eigenvalue weighted by atomic mass is 16.4. The highest BCUT2D eigenvalue weighted by Crippen LogP contribution is 2.13. The molecule has 0 aliphatic heterocycles. The van der Waals surface area contributed by atoms with E-state index in [4.69, 9.17) is 5.11 Å². The monoisotopic (exact) mass is 293 g/mol. The van der Waals surface area contributed by atoms with Crippen molar-refractivity contribution in [1.29, 1.82) is 0 Å². The first-order chi connectivity index (χ1) is 10.1. The van der Waals surface area contributed by atoms with Crippen molar-refractivity contribution >= 4 is 11.8 Å². The van der Waals surface area contributed by atoms with Crippen molar-refractivity contribution in [3.8, 4) is 0 Å². The molecule has 1 rings (SSSR count). The van der Waals surface area contributed by atoms with Crippen LogP contribution in [0.1, 0.15) is 92.0 Å². The minimum atomic E-state index is -1.03. The quantitative estimate of drug-likeness (QED) is 0.429. The third-order valence-corrected chi connectivity index (χ3v) is 3.74. The van der Waals surface area contributed by atoms with Crippen LogP contribution in [0.25, 0.3) is 0 Å². The van der Waals surface area contributed by atoms with E-state index in [1.165, 1.54) is 57.2 Å². The number of aromatic nitrogens is 1. The Morgan fingerprint density at radius 2 is 1.57 bits per heavy atom. The Kier molecular flexibility index (Phi) is 8.48. The summed E-state index contributed by atoms with van der Waals surface area (Å²) in [5.41, 5.74) is 0.553. The Morgan fingerprint density at radius 3 is 2.10 bits per heavy atom. The van der Waals surface area contributed by atoms with Gasteiger partial charge in [-0.2, -0.15) is 0 Å². The van der Waals surface area contributed by atoms with E-state index in [-0.39, 0.29) is 11.5 Å². The van der Waals surface area contributed by atoms with Crippen LogP contribution in [0.5, 0.6) is 0 Å². The number of rotatable bonds is 12. The van der Waals surface area contributed by atoms with Gasteiger partial charge in [0.25, 0.3) is 0 Å². The maximum atomic E-state index is 11.9. The molecule has 0 spiro atoms. The average molecular weight is 293 g/mol. The lowest BCUT2D eigenvalue weighted by Gasteiger charge is -2.01. The van der Waals surface area contributed by atoms with Gasteiger partial charge >= 0.3 is 5.97 Å². The number of carboxylic acid groups (broad SMARTS) is 1. The number of hydrogen-bond donors (Lipinski definition) is 2. The van der Waals surface area contributed by atoms with Crippen LogP contribution in [0.3, 0.4) is 0 Å². The Morgan fingerprint density at radius 1 is 1.00 bits per heavy atom. The summed E-state index contributed by atoms with van der Waals surface area (Å²) in [5, 5.41) is 8.79. The number of ketones is 1. The second-order valence-electron chi connectivity index (χ2n) is 5.61. The molecule has 0 fully saturated rings. The molecular weight excluding hydrogens is 266 g/mol. The van der Waals surface area contributed by atoms with Gasteiger partial charge in [0.15, 0.2) is 5.78 Å². The molecule has 0 atom stereocenters. The fourth-order valence-corrected chi connectivity index (χ4v) is 2.42. The molecule has 0 aliphatic carbocycles. The van der Waals surface area contributed by atoms with Crippen molar-refractivity contribution in [1.82, 2.24) is 4.98 Å². The summed E-state index contributed by atoms with van der Waals surface area (Å²) in [6, 6.07) is 1.42. The van der Waals surface area contributed by atoms with Crippen LogP contribution in [0.15, 0.2) is 12.3 Å². The predicted molar refractivity (Wildman–Crippen MR) is 83.9 cm³/mol. The average Bonchev–Trinajstić information content (AvgIpc) is 2.95. The molecule has 0 aromatic carbocycles. The smallest absolute Gasteiger partial charge is 0.352 e. The summed E-state index contributed by atoms with van der Waals surface area (Å²) < 4.78 is 0. The number of Topliss-reactive ketones (excluding diaryl/α,β-unsaturated/α-hetero) is 1. The Hall–Kier alpha value is -1.58. The Labute approximate surface area is 127 Å². The molecule has 0 saturated heterocycles. The van der Waals surface area contributed by atoms with Crippen LogP contribution in [-0.4, -0.2) is 21.8 Å². The van der Waals surface area contributed by atoms with Gasteiger partial charge in [0.05, 0.1) is 0 Å². The molecule has 1 heterocycles. The summed E-state index contributed by atoms with van der Waals surface area (Å²) in [5.74, 6) is -1.00. The van der Waals surface area contributed by atoms with Crippen molar-refractivity contribution in [2.45, 2.75) is 71.1 Å². The van der Waals surface area contributed by atoms with E-state index < -0.39 is 5.97 Å². The maximum absolute atomic E-state index is 11.9. The summed E-state index contributed by atoms with van der Waals surface area (Å²) >= 11 is 0. The van der Waals surface area contributed by atoms with E-state index >= 15 is 0 Å². The van der Waals surface area contributed by atoms with Gasteiger partial charge in [-0.1, -0.05) is 58.3 Å². The minimum Gasteiger partial charge on any atom is -0.477 e. The number of carbonyl (C=O) groups excluding carboxylic acids is 1. The molecule has 4 heteroatoms. The number of H-pyrrole nitrogens is 1. The molecule has 4 nitrogen and oxygen atoms in total. The second kappa shape index (κ2) is 10.2. The number of aromatic amines is 1. The number of unbranched alkanes of at least 4 members (excludes halogenated alkanes) is 8. The topological polar surface area (TPSA) is 70.2 Å². The van der Waals surface area contributed by atoms with Crippen molar-refractivity contribution in [3.63, 3.8) is 0 Å². The lowest BCUT2D eigenvalue weighted by Crippen LogP contribution is -1.98. The highest BCUT2D eigenvalue weighted by molar-refractivity contribution is 5.98. The molecule has 2 N–H and O–H groups in total. The first-order valence-electron chi connectivity index (χ1n) is 8.10. The zero-order valence-corrected chi connectivity index (χ0v) is 13.0. The van der Waals surface area contributed by atoms with Crippen molar-refractivity contribution in [3.05, 3.63) is 23.5 Å². The molecular formula is C17H27NO3. The summed E-state index contributed by atoms with van der Waals surface area (Å²) in [7, 11) is 0. The van der Waals surface area contributed by atoms with Crippen LogP contribution in [-0.2, 0) is 0 Å². The van der Waals surface area contributed by atoms with E-state index in [1.807, 2.05) is 0 Å². The van der Waals surface area contributed by atoms with Crippen molar-refractivity contribution in [2.75, 3.05) is 0 Å². The van der Waals surface area contributed by atoms with Crippen LogP contribution >= 0.6 is 0 Å². The molecule has 118 valence electrons. The molecule has 1 aromatic rings. The van der Waals surface area contributed by atoms with Gasteiger partial charge in [0, 0.05) is 18.2 Å². The highest BCUT2D eigenvalue weighted by Gasteiger charge is 2.11. The molecule has 0 amide bonds. The van der Waals surface area contributed by atoms with Crippen LogP contribution in [0.4, 0.5) is 0 Å². The SMILES string of the molecule is CCCCCCCCCCCC(=O)c1c[nH]c(C(=O)O)c1. The van der Waals surface area contributed by atoms with E-state index in [0.29, 0.717) is 12.0 Å². The Bertz CT molecular complexity index is 437. The van der Waals surface area contributed by atoms with E-state index in [9.17, 15) is 9.59 Å². The zero-order chi connectivity index (χ0) is 15.5. The van der Waals surface area contributed by atoms with Gasteiger partial charge < -0.3 is 10.1 Å². The van der Waals surface area contributed by atoms with Crippen LogP contribution in [0.2, 0.25) is 0 Å². The van der Waals surface area contributed by atoms with E-state index in [1.54, 1.807) is 0 Å². The molecule has 1 aromatic heterocycles. The number of carbonyl (C=O) groups is 2. The van der Waals surface area contributed by atoms with Gasteiger partial charge in [0.1, 0.15) is 5.69 Å². The molecule has 0 unspecified atom stereocenters. The molecule has 0 radical (unpaired) electrons. The van der Waals surface area contributed by atoms with E-state index in [2.05, 4.69) is 11.9 Å². The molecule has 0 saturated carbocycles. The largest absolute Gasteiger partial charge is 0.477 e. The number of nitrogens with one attached hydrogen (secondary N) is 1. The third kappa shape index (κ3) is 7.11. The third-order valence-electron chi connectivity index (χ3n) is 3.74. The minimum absolute atomic E-state index is 0.0293. The van der Waals surface area contributed by atoms with Gasteiger partial charge in [-0.25, -0.2) is 4.79 Å². The van der Waals surface area contributed by atoms with Crippen molar-refractivity contribution < 1.29 is 14.7 Å². The van der Waals surface area contributed by atoms with E-state index in [0.717, 1.165) is 12.8 Å². The fourth-order valence-electron chi connectivity index (χ4n) is 2.42.